The summed E-state index contributed by atoms with van der Waals surface area (Å²) in [6, 6.07) is 3.66. The van der Waals surface area contributed by atoms with Gasteiger partial charge in [-0.15, -0.1) is 0 Å². The number of rotatable bonds is 1. The van der Waals surface area contributed by atoms with Crippen LogP contribution in [0.5, 0.6) is 5.75 Å². The molecule has 4 rings (SSSR count). The number of para-hydroxylation sites is 1. The molecule has 1 spiro atoms. The molecule has 5 nitrogen and oxygen atoms in total. The third-order valence-electron chi connectivity index (χ3n) is 5.43. The van der Waals surface area contributed by atoms with E-state index in [9.17, 15) is 18.0 Å². The summed E-state index contributed by atoms with van der Waals surface area (Å²) >= 11 is 0. The minimum Gasteiger partial charge on any atom is -0.484 e. The average molecular weight is 380 g/mol. The fraction of sp³-hybridized carbons (Fsp3) is 0.474. The van der Waals surface area contributed by atoms with Gasteiger partial charge < -0.3 is 14.8 Å². The lowest BCUT2D eigenvalue weighted by atomic mass is 9.87. The smallest absolute Gasteiger partial charge is 0.418 e. The number of halogens is 3. The Bertz CT molecular complexity index is 929. The van der Waals surface area contributed by atoms with Gasteiger partial charge in [0, 0.05) is 23.9 Å². The summed E-state index contributed by atoms with van der Waals surface area (Å²) in [5.41, 5.74) is -0.184. The summed E-state index contributed by atoms with van der Waals surface area (Å²) in [6.07, 6.45) is -2.84. The number of carbonyl (C=O) groups excluding carboxylic acids is 1. The third-order valence-corrected chi connectivity index (χ3v) is 5.43. The van der Waals surface area contributed by atoms with Crippen molar-refractivity contribution in [2.75, 3.05) is 13.7 Å². The van der Waals surface area contributed by atoms with E-state index in [4.69, 9.17) is 9.47 Å². The number of esters is 1. The van der Waals surface area contributed by atoms with Crippen molar-refractivity contribution in [2.45, 2.75) is 44.0 Å². The summed E-state index contributed by atoms with van der Waals surface area (Å²) in [7, 11) is 1.34. The molecule has 0 amide bonds. The standard InChI is InChI=1S/C19H19F3N2O3/c1-10-16-12(11-4-3-5-13(15(11)24-10)19(20,21)22)6-7-18(27-16)8-14(23-9-18)17(25)26-2/h3-5,14,23H,6-9H2,1-2H3. The van der Waals surface area contributed by atoms with E-state index in [1.807, 2.05) is 0 Å². The third kappa shape index (κ3) is 2.92. The molecule has 2 unspecified atom stereocenters. The van der Waals surface area contributed by atoms with E-state index < -0.39 is 23.4 Å². The topological polar surface area (TPSA) is 60.5 Å². The number of aryl methyl sites for hydroxylation is 2. The lowest BCUT2D eigenvalue weighted by molar-refractivity contribution is -0.143. The van der Waals surface area contributed by atoms with E-state index in [2.05, 4.69) is 10.3 Å². The molecule has 27 heavy (non-hydrogen) atoms. The minimum atomic E-state index is -4.47. The molecule has 0 bridgehead atoms. The number of hydrogen-bond donors (Lipinski definition) is 1. The molecule has 2 aromatic rings. The van der Waals surface area contributed by atoms with Crippen LogP contribution >= 0.6 is 0 Å². The molecule has 1 N–H and O–H groups in total. The van der Waals surface area contributed by atoms with Crippen molar-refractivity contribution >= 4 is 16.9 Å². The number of nitrogens with one attached hydrogen (secondary N) is 1. The van der Waals surface area contributed by atoms with Gasteiger partial charge in [0.25, 0.3) is 0 Å². The second-order valence-electron chi connectivity index (χ2n) is 7.15. The zero-order valence-corrected chi connectivity index (χ0v) is 14.9. The molecule has 0 saturated carbocycles. The number of methoxy groups -OCH3 is 1. The van der Waals surface area contributed by atoms with E-state index in [-0.39, 0.29) is 11.5 Å². The van der Waals surface area contributed by atoms with E-state index in [0.29, 0.717) is 42.6 Å². The van der Waals surface area contributed by atoms with Gasteiger partial charge in [-0.25, -0.2) is 4.98 Å². The van der Waals surface area contributed by atoms with Crippen molar-refractivity contribution in [3.8, 4) is 5.75 Å². The molecular weight excluding hydrogens is 361 g/mol. The maximum absolute atomic E-state index is 13.4. The van der Waals surface area contributed by atoms with Gasteiger partial charge in [0.2, 0.25) is 0 Å². The maximum atomic E-state index is 13.4. The highest BCUT2D eigenvalue weighted by atomic mass is 19.4. The first-order valence-corrected chi connectivity index (χ1v) is 8.74. The van der Waals surface area contributed by atoms with Crippen LogP contribution < -0.4 is 10.1 Å². The van der Waals surface area contributed by atoms with Crippen LogP contribution in [0, 0.1) is 6.92 Å². The largest absolute Gasteiger partial charge is 0.484 e. The number of aromatic nitrogens is 1. The number of carbonyl (C=O) groups is 1. The van der Waals surface area contributed by atoms with Crippen LogP contribution in [0.25, 0.3) is 10.9 Å². The highest BCUT2D eigenvalue weighted by molar-refractivity contribution is 5.88. The Balaban J connectivity index is 1.76. The van der Waals surface area contributed by atoms with Crippen LogP contribution in [0.15, 0.2) is 18.2 Å². The Kier molecular flexibility index (Phi) is 4.06. The number of benzene rings is 1. The van der Waals surface area contributed by atoms with Crippen LogP contribution in [-0.2, 0) is 22.1 Å². The predicted molar refractivity (Wildman–Crippen MR) is 91.6 cm³/mol. The van der Waals surface area contributed by atoms with Crippen LogP contribution in [0.1, 0.15) is 29.7 Å². The van der Waals surface area contributed by atoms with E-state index in [0.717, 1.165) is 11.6 Å². The minimum absolute atomic E-state index is 0.0437. The molecule has 1 fully saturated rings. The SMILES string of the molecule is COC(=O)C1CC2(CCc3c(c(C)nc4c(C(F)(F)F)cccc34)O2)CN1. The first-order valence-electron chi connectivity index (χ1n) is 8.74. The van der Waals surface area contributed by atoms with Gasteiger partial charge in [0.15, 0.2) is 0 Å². The average Bonchev–Trinajstić information content (AvgIpc) is 3.03. The Morgan fingerprint density at radius 2 is 2.19 bits per heavy atom. The highest BCUT2D eigenvalue weighted by Crippen LogP contribution is 2.44. The lowest BCUT2D eigenvalue weighted by Crippen LogP contribution is -2.42. The monoisotopic (exact) mass is 380 g/mol. The maximum Gasteiger partial charge on any atom is 0.418 e. The molecule has 0 radical (unpaired) electrons. The fourth-order valence-corrected chi connectivity index (χ4v) is 4.10. The molecular formula is C19H19F3N2O3. The Morgan fingerprint density at radius 1 is 1.41 bits per heavy atom. The fourth-order valence-electron chi connectivity index (χ4n) is 4.10. The van der Waals surface area contributed by atoms with Gasteiger partial charge in [-0.3, -0.25) is 4.79 Å². The first-order chi connectivity index (χ1) is 12.7. The molecule has 3 heterocycles. The van der Waals surface area contributed by atoms with Gasteiger partial charge in [-0.05, 0) is 25.8 Å². The quantitative estimate of drug-likeness (QED) is 0.770. The molecule has 2 atom stereocenters. The number of pyridine rings is 1. The zero-order chi connectivity index (χ0) is 19.4. The summed E-state index contributed by atoms with van der Waals surface area (Å²) in [5.74, 6) is 0.185. The van der Waals surface area contributed by atoms with E-state index in [1.165, 1.54) is 13.2 Å². The molecule has 1 aromatic heterocycles. The van der Waals surface area contributed by atoms with Crippen molar-refractivity contribution < 1.29 is 27.4 Å². The van der Waals surface area contributed by atoms with Crippen LogP contribution in [0.2, 0.25) is 0 Å². The normalized spacial score (nSPS) is 24.7. The lowest BCUT2D eigenvalue weighted by Gasteiger charge is -2.36. The van der Waals surface area contributed by atoms with Gasteiger partial charge >= 0.3 is 12.1 Å². The Labute approximate surface area is 153 Å². The van der Waals surface area contributed by atoms with Crippen molar-refractivity contribution in [3.05, 3.63) is 35.0 Å². The van der Waals surface area contributed by atoms with Crippen molar-refractivity contribution in [3.63, 3.8) is 0 Å². The van der Waals surface area contributed by atoms with Gasteiger partial charge in [0.05, 0.1) is 23.9 Å². The van der Waals surface area contributed by atoms with Crippen molar-refractivity contribution in [1.29, 1.82) is 0 Å². The number of nitrogens with zero attached hydrogens (tertiary/aromatic N) is 1. The number of ether oxygens (including phenoxy) is 2. The highest BCUT2D eigenvalue weighted by Gasteiger charge is 2.47. The molecule has 2 aliphatic rings. The molecule has 144 valence electrons. The second kappa shape index (κ2) is 6.09. The zero-order valence-electron chi connectivity index (χ0n) is 14.9. The van der Waals surface area contributed by atoms with Gasteiger partial charge in [0.1, 0.15) is 17.4 Å². The summed E-state index contributed by atoms with van der Waals surface area (Å²) in [5, 5.41) is 3.58. The Hall–Kier alpha value is -2.35. The molecule has 0 aliphatic carbocycles. The molecule has 1 saturated heterocycles. The van der Waals surface area contributed by atoms with Gasteiger partial charge in [-0.2, -0.15) is 13.2 Å². The summed E-state index contributed by atoms with van der Waals surface area (Å²) in [4.78, 5) is 16.0. The summed E-state index contributed by atoms with van der Waals surface area (Å²) < 4.78 is 51.1. The second-order valence-corrected chi connectivity index (χ2v) is 7.15. The first kappa shape index (κ1) is 18.0. The van der Waals surface area contributed by atoms with Crippen LogP contribution in [0.4, 0.5) is 13.2 Å². The van der Waals surface area contributed by atoms with Crippen molar-refractivity contribution in [1.82, 2.24) is 10.3 Å². The number of hydrogen-bond acceptors (Lipinski definition) is 5. The van der Waals surface area contributed by atoms with Crippen LogP contribution in [0.3, 0.4) is 0 Å². The summed E-state index contributed by atoms with van der Waals surface area (Å²) in [6.45, 7) is 2.14. The van der Waals surface area contributed by atoms with E-state index in [1.54, 1.807) is 13.0 Å². The van der Waals surface area contributed by atoms with Gasteiger partial charge in [-0.1, -0.05) is 12.1 Å². The molecule has 8 heteroatoms. The van der Waals surface area contributed by atoms with Crippen molar-refractivity contribution in [2.24, 2.45) is 0 Å². The van der Waals surface area contributed by atoms with E-state index >= 15 is 0 Å². The molecule has 1 aromatic carbocycles. The van der Waals surface area contributed by atoms with Crippen LogP contribution in [-0.4, -0.2) is 36.3 Å². The Morgan fingerprint density at radius 3 is 2.89 bits per heavy atom. The number of alkyl halides is 3. The predicted octanol–water partition coefficient (Wildman–Crippen LogP) is 3.16. The number of fused-ring (bicyclic) bond motifs is 3. The molecule has 2 aliphatic heterocycles.